The number of hydrogen-bond donors (Lipinski definition) is 1. The van der Waals surface area contributed by atoms with Crippen LogP contribution in [0.3, 0.4) is 0 Å². The lowest BCUT2D eigenvalue weighted by molar-refractivity contribution is -0.129. The first kappa shape index (κ1) is 15.2. The second-order valence-corrected chi connectivity index (χ2v) is 4.62. The average molecular weight is 262 g/mol. The van der Waals surface area contributed by atoms with E-state index in [-0.39, 0.29) is 11.8 Å². The van der Waals surface area contributed by atoms with Crippen molar-refractivity contribution in [2.24, 2.45) is 0 Å². The highest BCUT2D eigenvalue weighted by Gasteiger charge is 2.10. The van der Waals surface area contributed by atoms with Crippen LogP contribution >= 0.6 is 0 Å². The Hall–Kier alpha value is -1.84. The van der Waals surface area contributed by atoms with E-state index in [2.05, 4.69) is 5.32 Å². The molecule has 4 nitrogen and oxygen atoms in total. The third-order valence-electron chi connectivity index (χ3n) is 2.97. The fourth-order valence-corrected chi connectivity index (χ4v) is 1.86. The molecular formula is C15H22N2O2. The van der Waals surface area contributed by atoms with E-state index < -0.39 is 0 Å². The van der Waals surface area contributed by atoms with Crippen molar-refractivity contribution in [3.05, 3.63) is 29.8 Å². The van der Waals surface area contributed by atoms with Crippen molar-refractivity contribution in [3.63, 3.8) is 0 Å². The molecule has 0 atom stereocenters. The summed E-state index contributed by atoms with van der Waals surface area (Å²) in [6.45, 7) is 6.68. The zero-order chi connectivity index (χ0) is 14.3. The molecule has 104 valence electrons. The van der Waals surface area contributed by atoms with Crippen LogP contribution in [0.2, 0.25) is 0 Å². The van der Waals surface area contributed by atoms with Crippen molar-refractivity contribution in [2.45, 2.75) is 33.6 Å². The van der Waals surface area contributed by atoms with Gasteiger partial charge in [-0.15, -0.1) is 0 Å². The van der Waals surface area contributed by atoms with Gasteiger partial charge in [0.25, 0.3) is 0 Å². The summed E-state index contributed by atoms with van der Waals surface area (Å²) in [5.41, 5.74) is 1.87. The Balaban J connectivity index is 2.47. The maximum absolute atomic E-state index is 11.8. The summed E-state index contributed by atoms with van der Waals surface area (Å²) in [6, 6.07) is 7.65. The number of hydrogen-bond acceptors (Lipinski definition) is 2. The zero-order valence-electron chi connectivity index (χ0n) is 11.9. The number of rotatable bonds is 6. The molecule has 0 fully saturated rings. The number of carbonyl (C=O) groups is 2. The Morgan fingerprint density at radius 2 is 1.89 bits per heavy atom. The van der Waals surface area contributed by atoms with Crippen molar-refractivity contribution in [1.29, 1.82) is 0 Å². The molecule has 1 rings (SSSR count). The van der Waals surface area contributed by atoms with Gasteiger partial charge < -0.3 is 10.2 Å². The molecule has 1 aromatic rings. The molecule has 19 heavy (non-hydrogen) atoms. The topological polar surface area (TPSA) is 49.4 Å². The Morgan fingerprint density at radius 1 is 1.21 bits per heavy atom. The summed E-state index contributed by atoms with van der Waals surface area (Å²) >= 11 is 0. The second kappa shape index (κ2) is 7.56. The number of para-hydroxylation sites is 1. The van der Waals surface area contributed by atoms with Crippen LogP contribution in [0.4, 0.5) is 5.69 Å². The Bertz CT molecular complexity index is 444. The summed E-state index contributed by atoms with van der Waals surface area (Å²) in [6.07, 6.45) is 1.23. The molecule has 4 heteroatoms. The third-order valence-corrected chi connectivity index (χ3v) is 2.97. The van der Waals surface area contributed by atoms with Crippen LogP contribution in [-0.2, 0) is 9.59 Å². The lowest BCUT2D eigenvalue weighted by Gasteiger charge is -2.20. The molecule has 1 aromatic carbocycles. The Kier molecular flexibility index (Phi) is 6.06. The maximum Gasteiger partial charge on any atom is 0.226 e. The minimum absolute atomic E-state index is 0.0190. The Morgan fingerprint density at radius 3 is 2.47 bits per heavy atom. The first-order valence-corrected chi connectivity index (χ1v) is 6.65. The second-order valence-electron chi connectivity index (χ2n) is 4.62. The molecule has 0 aliphatic carbocycles. The van der Waals surface area contributed by atoms with Crippen LogP contribution in [0.15, 0.2) is 24.3 Å². The van der Waals surface area contributed by atoms with E-state index in [9.17, 15) is 9.59 Å². The van der Waals surface area contributed by atoms with Gasteiger partial charge in [-0.05, 0) is 25.0 Å². The molecule has 0 aromatic heterocycles. The molecule has 0 aliphatic rings. The van der Waals surface area contributed by atoms with Crippen LogP contribution in [0.25, 0.3) is 0 Å². The predicted molar refractivity (Wildman–Crippen MR) is 77.0 cm³/mol. The molecule has 0 radical (unpaired) electrons. The number of carbonyl (C=O) groups excluding carboxylic acids is 2. The highest BCUT2D eigenvalue weighted by molar-refractivity contribution is 5.91. The number of aryl methyl sites for hydroxylation is 1. The number of nitrogens with one attached hydrogen (secondary N) is 1. The van der Waals surface area contributed by atoms with E-state index in [4.69, 9.17) is 0 Å². The van der Waals surface area contributed by atoms with Crippen molar-refractivity contribution >= 4 is 17.5 Å². The number of benzene rings is 1. The highest BCUT2D eigenvalue weighted by atomic mass is 16.2. The van der Waals surface area contributed by atoms with Crippen molar-refractivity contribution in [1.82, 2.24) is 4.90 Å². The van der Waals surface area contributed by atoms with Gasteiger partial charge in [0.2, 0.25) is 11.8 Å². The van der Waals surface area contributed by atoms with Gasteiger partial charge in [0.05, 0.1) is 0 Å². The van der Waals surface area contributed by atoms with Gasteiger partial charge in [-0.3, -0.25) is 9.59 Å². The van der Waals surface area contributed by atoms with Gasteiger partial charge in [-0.1, -0.05) is 25.1 Å². The van der Waals surface area contributed by atoms with Gasteiger partial charge in [-0.2, -0.15) is 0 Å². The van der Waals surface area contributed by atoms with Crippen molar-refractivity contribution in [2.75, 3.05) is 18.4 Å². The molecule has 0 bridgehead atoms. The lowest BCUT2D eigenvalue weighted by atomic mass is 10.2. The third kappa shape index (κ3) is 5.12. The maximum atomic E-state index is 11.8. The van der Waals surface area contributed by atoms with E-state index in [1.807, 2.05) is 38.1 Å². The summed E-state index contributed by atoms with van der Waals surface area (Å²) in [4.78, 5) is 24.9. The smallest absolute Gasteiger partial charge is 0.226 e. The number of anilines is 1. The zero-order valence-corrected chi connectivity index (χ0v) is 11.9. The SMILES string of the molecule is CCCN(CCC(=O)Nc1ccccc1C)C(C)=O. The van der Waals surface area contributed by atoms with E-state index >= 15 is 0 Å². The minimum atomic E-state index is -0.0587. The van der Waals surface area contributed by atoms with Gasteiger partial charge in [0, 0.05) is 32.1 Å². The van der Waals surface area contributed by atoms with Gasteiger partial charge in [0.15, 0.2) is 0 Å². The largest absolute Gasteiger partial charge is 0.342 e. The highest BCUT2D eigenvalue weighted by Crippen LogP contribution is 2.13. The molecule has 0 unspecified atom stereocenters. The lowest BCUT2D eigenvalue weighted by Crippen LogP contribution is -2.32. The normalized spacial score (nSPS) is 10.1. The summed E-state index contributed by atoms with van der Waals surface area (Å²) in [7, 11) is 0. The van der Waals surface area contributed by atoms with Crippen molar-refractivity contribution < 1.29 is 9.59 Å². The van der Waals surface area contributed by atoms with Crippen LogP contribution in [0.5, 0.6) is 0 Å². The number of nitrogens with zero attached hydrogens (tertiary/aromatic N) is 1. The fourth-order valence-electron chi connectivity index (χ4n) is 1.86. The predicted octanol–water partition coefficient (Wildman–Crippen LogP) is 2.58. The Labute approximate surface area is 114 Å². The van der Waals surface area contributed by atoms with E-state index in [0.717, 1.165) is 17.7 Å². The van der Waals surface area contributed by atoms with E-state index in [0.29, 0.717) is 19.5 Å². The van der Waals surface area contributed by atoms with Crippen LogP contribution in [0, 0.1) is 6.92 Å². The first-order valence-electron chi connectivity index (χ1n) is 6.65. The molecule has 0 saturated carbocycles. The average Bonchev–Trinajstić information content (AvgIpc) is 2.37. The van der Waals surface area contributed by atoms with E-state index in [1.165, 1.54) is 6.92 Å². The molecular weight excluding hydrogens is 240 g/mol. The van der Waals surface area contributed by atoms with Crippen LogP contribution in [-0.4, -0.2) is 29.8 Å². The fraction of sp³-hybridized carbons (Fsp3) is 0.467. The standard InChI is InChI=1S/C15H22N2O2/c1-4-10-17(13(3)18)11-9-15(19)16-14-8-6-5-7-12(14)2/h5-8H,4,9-11H2,1-3H3,(H,16,19). The molecule has 0 heterocycles. The summed E-state index contributed by atoms with van der Waals surface area (Å²) in [5, 5.41) is 2.87. The summed E-state index contributed by atoms with van der Waals surface area (Å²) < 4.78 is 0. The molecule has 1 N–H and O–H groups in total. The van der Waals surface area contributed by atoms with E-state index in [1.54, 1.807) is 4.90 Å². The van der Waals surface area contributed by atoms with Gasteiger partial charge >= 0.3 is 0 Å². The quantitative estimate of drug-likeness (QED) is 0.856. The number of amides is 2. The van der Waals surface area contributed by atoms with Gasteiger partial charge in [0.1, 0.15) is 0 Å². The molecule has 0 spiro atoms. The van der Waals surface area contributed by atoms with Crippen LogP contribution in [0.1, 0.15) is 32.3 Å². The van der Waals surface area contributed by atoms with Crippen molar-refractivity contribution in [3.8, 4) is 0 Å². The molecule has 0 saturated heterocycles. The van der Waals surface area contributed by atoms with Gasteiger partial charge in [-0.25, -0.2) is 0 Å². The summed E-state index contributed by atoms with van der Waals surface area (Å²) in [5.74, 6) is -0.0396. The van der Waals surface area contributed by atoms with Crippen LogP contribution < -0.4 is 5.32 Å². The minimum Gasteiger partial charge on any atom is -0.342 e. The molecule has 2 amide bonds. The molecule has 0 aliphatic heterocycles. The monoisotopic (exact) mass is 262 g/mol. The first-order chi connectivity index (χ1) is 9.04.